The molecule has 1 saturated heterocycles. The van der Waals surface area contributed by atoms with Crippen molar-refractivity contribution < 1.29 is 14.0 Å². The number of carbonyl (C=O) groups is 2. The first-order valence-corrected chi connectivity index (χ1v) is 6.61. The summed E-state index contributed by atoms with van der Waals surface area (Å²) in [5.41, 5.74) is 0.534. The van der Waals surface area contributed by atoms with Gasteiger partial charge in [0.05, 0.1) is 5.92 Å². The van der Waals surface area contributed by atoms with Crippen molar-refractivity contribution in [1.82, 2.24) is 0 Å². The number of amides is 1. The zero-order valence-corrected chi connectivity index (χ0v) is 11.2. The molecule has 2 rings (SSSR count). The van der Waals surface area contributed by atoms with Crippen molar-refractivity contribution in [2.45, 2.75) is 26.7 Å². The summed E-state index contributed by atoms with van der Waals surface area (Å²) >= 11 is 0. The number of carbonyl (C=O) groups excluding carboxylic acids is 2. The van der Waals surface area contributed by atoms with Crippen LogP contribution in [-0.4, -0.2) is 18.2 Å². The lowest BCUT2D eigenvalue weighted by Gasteiger charge is -2.32. The van der Waals surface area contributed by atoms with Crippen molar-refractivity contribution in [3.05, 3.63) is 30.1 Å². The standard InChI is InChI=1S/C15H18FNO2/c1-10(2)14(18)13-7-4-8-17(15(13)19)12-6-3-5-11(16)9-12/h3,5-6,9-10,13H,4,7-8H2,1-2H3/t13-/m0/s1. The average molecular weight is 263 g/mol. The summed E-state index contributed by atoms with van der Waals surface area (Å²) in [6.07, 6.45) is 1.37. The number of hydrogen-bond acceptors (Lipinski definition) is 2. The highest BCUT2D eigenvalue weighted by atomic mass is 19.1. The van der Waals surface area contributed by atoms with Gasteiger partial charge in [-0.25, -0.2) is 4.39 Å². The molecule has 0 spiro atoms. The van der Waals surface area contributed by atoms with Gasteiger partial charge >= 0.3 is 0 Å². The highest BCUT2D eigenvalue weighted by Gasteiger charge is 2.35. The quantitative estimate of drug-likeness (QED) is 0.786. The highest BCUT2D eigenvalue weighted by molar-refractivity contribution is 6.09. The molecule has 1 aliphatic heterocycles. The van der Waals surface area contributed by atoms with Crippen LogP contribution < -0.4 is 4.90 Å². The molecular formula is C15H18FNO2. The topological polar surface area (TPSA) is 37.4 Å². The molecule has 3 nitrogen and oxygen atoms in total. The van der Waals surface area contributed by atoms with E-state index in [9.17, 15) is 14.0 Å². The molecule has 1 aromatic rings. The first-order chi connectivity index (χ1) is 9.00. The number of anilines is 1. The Labute approximate surface area is 112 Å². The summed E-state index contributed by atoms with van der Waals surface area (Å²) < 4.78 is 13.2. The Bertz CT molecular complexity index is 499. The summed E-state index contributed by atoms with van der Waals surface area (Å²) in [5, 5.41) is 0. The molecule has 0 aromatic heterocycles. The predicted molar refractivity (Wildman–Crippen MR) is 71.3 cm³/mol. The van der Waals surface area contributed by atoms with E-state index in [1.807, 2.05) is 0 Å². The Morgan fingerprint density at radius 3 is 2.79 bits per heavy atom. The van der Waals surface area contributed by atoms with E-state index < -0.39 is 5.92 Å². The van der Waals surface area contributed by atoms with Crippen LogP contribution in [0.15, 0.2) is 24.3 Å². The third kappa shape index (κ3) is 2.83. The smallest absolute Gasteiger partial charge is 0.237 e. The number of ketones is 1. The van der Waals surface area contributed by atoms with Gasteiger partial charge in [-0.1, -0.05) is 19.9 Å². The van der Waals surface area contributed by atoms with Gasteiger partial charge in [-0.05, 0) is 31.0 Å². The molecule has 0 saturated carbocycles. The van der Waals surface area contributed by atoms with Gasteiger partial charge in [0, 0.05) is 18.2 Å². The highest BCUT2D eigenvalue weighted by Crippen LogP contribution is 2.27. The number of Topliss-reactive ketones (excluding diaryl/α,β-unsaturated/α-hetero) is 1. The maximum Gasteiger partial charge on any atom is 0.237 e. The number of rotatable bonds is 3. The van der Waals surface area contributed by atoms with Crippen molar-refractivity contribution in [2.75, 3.05) is 11.4 Å². The summed E-state index contributed by atoms with van der Waals surface area (Å²) in [4.78, 5) is 25.9. The fourth-order valence-corrected chi connectivity index (χ4v) is 2.44. The Hall–Kier alpha value is -1.71. The van der Waals surface area contributed by atoms with Crippen LogP contribution in [0, 0.1) is 17.7 Å². The van der Waals surface area contributed by atoms with Gasteiger partial charge in [-0.15, -0.1) is 0 Å². The van der Waals surface area contributed by atoms with Gasteiger partial charge in [0.2, 0.25) is 5.91 Å². The van der Waals surface area contributed by atoms with Crippen molar-refractivity contribution in [2.24, 2.45) is 11.8 Å². The molecule has 0 N–H and O–H groups in total. The third-order valence-corrected chi connectivity index (χ3v) is 3.47. The minimum atomic E-state index is -0.572. The van der Waals surface area contributed by atoms with Crippen LogP contribution in [0.4, 0.5) is 10.1 Å². The third-order valence-electron chi connectivity index (χ3n) is 3.47. The van der Waals surface area contributed by atoms with Gasteiger partial charge < -0.3 is 4.90 Å². The number of piperidine rings is 1. The second kappa shape index (κ2) is 5.51. The fraction of sp³-hybridized carbons (Fsp3) is 0.467. The van der Waals surface area contributed by atoms with Crippen LogP contribution in [0.3, 0.4) is 0 Å². The average Bonchev–Trinajstić information content (AvgIpc) is 2.38. The van der Waals surface area contributed by atoms with Crippen molar-refractivity contribution in [1.29, 1.82) is 0 Å². The lowest BCUT2D eigenvalue weighted by atomic mass is 9.87. The first kappa shape index (κ1) is 13.7. The zero-order valence-electron chi connectivity index (χ0n) is 11.2. The molecular weight excluding hydrogens is 245 g/mol. The molecule has 1 fully saturated rings. The number of nitrogens with zero attached hydrogens (tertiary/aromatic N) is 1. The van der Waals surface area contributed by atoms with Crippen LogP contribution >= 0.6 is 0 Å². The molecule has 1 aliphatic rings. The molecule has 1 amide bonds. The lowest BCUT2D eigenvalue weighted by molar-refractivity contribution is -0.135. The molecule has 0 bridgehead atoms. The molecule has 1 heterocycles. The summed E-state index contributed by atoms with van der Waals surface area (Å²) in [6.45, 7) is 4.15. The normalized spacial score (nSPS) is 19.9. The maximum absolute atomic E-state index is 13.2. The Balaban J connectivity index is 2.23. The zero-order chi connectivity index (χ0) is 14.0. The molecule has 4 heteroatoms. The van der Waals surface area contributed by atoms with Crippen LogP contribution in [0.5, 0.6) is 0 Å². The van der Waals surface area contributed by atoms with Gasteiger partial charge in [0.25, 0.3) is 0 Å². The van der Waals surface area contributed by atoms with Crippen molar-refractivity contribution >= 4 is 17.4 Å². The van der Waals surface area contributed by atoms with Gasteiger partial charge in [-0.3, -0.25) is 9.59 Å². The Morgan fingerprint density at radius 2 is 2.16 bits per heavy atom. The van der Waals surface area contributed by atoms with Crippen LogP contribution in [0.1, 0.15) is 26.7 Å². The Morgan fingerprint density at radius 1 is 1.42 bits per heavy atom. The van der Waals surface area contributed by atoms with Crippen LogP contribution in [0.2, 0.25) is 0 Å². The second-order valence-electron chi connectivity index (χ2n) is 5.22. The molecule has 1 aromatic carbocycles. The Kier molecular flexibility index (Phi) is 3.98. The molecule has 19 heavy (non-hydrogen) atoms. The molecule has 0 unspecified atom stereocenters. The lowest BCUT2D eigenvalue weighted by Crippen LogP contribution is -2.45. The number of hydrogen-bond donors (Lipinski definition) is 0. The first-order valence-electron chi connectivity index (χ1n) is 6.61. The predicted octanol–water partition coefficient (Wildman–Crippen LogP) is 2.79. The molecule has 0 radical (unpaired) electrons. The van der Waals surface area contributed by atoms with Crippen molar-refractivity contribution in [3.63, 3.8) is 0 Å². The van der Waals surface area contributed by atoms with E-state index >= 15 is 0 Å². The summed E-state index contributed by atoms with van der Waals surface area (Å²) in [7, 11) is 0. The molecule has 102 valence electrons. The number of halogens is 1. The van der Waals surface area contributed by atoms with E-state index in [0.717, 1.165) is 6.42 Å². The molecule has 1 atom stereocenters. The second-order valence-corrected chi connectivity index (χ2v) is 5.22. The maximum atomic E-state index is 13.2. The largest absolute Gasteiger partial charge is 0.312 e. The van der Waals surface area contributed by atoms with Crippen LogP contribution in [-0.2, 0) is 9.59 Å². The van der Waals surface area contributed by atoms with Crippen molar-refractivity contribution in [3.8, 4) is 0 Å². The van der Waals surface area contributed by atoms with E-state index in [-0.39, 0.29) is 23.4 Å². The van der Waals surface area contributed by atoms with E-state index in [0.29, 0.717) is 18.7 Å². The van der Waals surface area contributed by atoms with E-state index in [4.69, 9.17) is 0 Å². The summed E-state index contributed by atoms with van der Waals surface area (Å²) in [6, 6.07) is 5.95. The minimum absolute atomic E-state index is 0.0221. The monoisotopic (exact) mass is 263 g/mol. The van der Waals surface area contributed by atoms with Gasteiger partial charge in [0.1, 0.15) is 11.6 Å². The number of benzene rings is 1. The summed E-state index contributed by atoms with van der Waals surface area (Å²) in [5.74, 6) is -1.32. The van der Waals surface area contributed by atoms with Gasteiger partial charge in [0.15, 0.2) is 0 Å². The van der Waals surface area contributed by atoms with Crippen LogP contribution in [0.25, 0.3) is 0 Å². The van der Waals surface area contributed by atoms with E-state index in [1.54, 1.807) is 26.0 Å². The van der Waals surface area contributed by atoms with E-state index in [1.165, 1.54) is 17.0 Å². The van der Waals surface area contributed by atoms with Gasteiger partial charge in [-0.2, -0.15) is 0 Å². The SMILES string of the molecule is CC(C)C(=O)[C@@H]1CCCN(c2cccc(F)c2)C1=O. The van der Waals surface area contributed by atoms with E-state index in [2.05, 4.69) is 0 Å². The fourth-order valence-electron chi connectivity index (χ4n) is 2.44. The molecule has 0 aliphatic carbocycles. The minimum Gasteiger partial charge on any atom is -0.312 e.